The average molecular weight is 283 g/mol. The van der Waals surface area contributed by atoms with Crippen molar-refractivity contribution in [3.8, 4) is 0 Å². The van der Waals surface area contributed by atoms with E-state index in [0.29, 0.717) is 12.1 Å². The van der Waals surface area contributed by atoms with Gasteiger partial charge in [-0.3, -0.25) is 4.68 Å². The van der Waals surface area contributed by atoms with E-state index < -0.39 is 0 Å². The molecule has 1 N–H and O–H groups in total. The quantitative estimate of drug-likeness (QED) is 0.910. The molecule has 112 valence electrons. The van der Waals surface area contributed by atoms with Crippen LogP contribution in [-0.4, -0.2) is 16.3 Å². The first-order valence-electron chi connectivity index (χ1n) is 8.16. The van der Waals surface area contributed by atoms with Crippen molar-refractivity contribution >= 4 is 0 Å². The lowest BCUT2D eigenvalue weighted by atomic mass is 10.1. The molecule has 1 aromatic heterocycles. The minimum atomic E-state index is 0.376. The highest BCUT2D eigenvalue weighted by molar-refractivity contribution is 5.37. The minimum Gasteiger partial charge on any atom is -0.308 e. The fourth-order valence-corrected chi connectivity index (χ4v) is 3.48. The van der Waals surface area contributed by atoms with Crippen molar-refractivity contribution in [2.24, 2.45) is 0 Å². The maximum absolute atomic E-state index is 4.87. The highest BCUT2D eigenvalue weighted by Gasteiger charge is 2.34. The van der Waals surface area contributed by atoms with Gasteiger partial charge in [0.1, 0.15) is 0 Å². The van der Waals surface area contributed by atoms with E-state index in [-0.39, 0.29) is 0 Å². The monoisotopic (exact) mass is 283 g/mol. The Kier molecular flexibility index (Phi) is 4.11. The minimum absolute atomic E-state index is 0.376. The Morgan fingerprint density at radius 3 is 2.71 bits per heavy atom. The van der Waals surface area contributed by atoms with Crippen LogP contribution in [0.2, 0.25) is 0 Å². The maximum Gasteiger partial charge on any atom is 0.0757 e. The van der Waals surface area contributed by atoms with Crippen LogP contribution in [0.25, 0.3) is 0 Å². The molecule has 21 heavy (non-hydrogen) atoms. The Morgan fingerprint density at radius 2 is 2.00 bits per heavy atom. The van der Waals surface area contributed by atoms with Crippen molar-refractivity contribution in [3.63, 3.8) is 0 Å². The molecule has 2 aromatic rings. The van der Waals surface area contributed by atoms with Gasteiger partial charge in [0.25, 0.3) is 0 Å². The van der Waals surface area contributed by atoms with Gasteiger partial charge in [0.15, 0.2) is 0 Å². The summed E-state index contributed by atoms with van der Waals surface area (Å²) in [5.74, 6) is 0. The Balaban J connectivity index is 2.00. The fourth-order valence-electron chi connectivity index (χ4n) is 3.48. The van der Waals surface area contributed by atoms with Crippen molar-refractivity contribution in [2.45, 2.75) is 52.1 Å². The molecule has 0 radical (unpaired) electrons. The highest BCUT2D eigenvalue weighted by atomic mass is 15.3. The number of benzene rings is 1. The standard InChI is InChI=1S/C18H25N3/c1-4-14-12-15(5-2)21(20-14)17-11-13-9-7-8-10-16(13)18(17)19-6-3/h7-10,12,17-19H,4-6,11H2,1-3H3. The lowest BCUT2D eigenvalue weighted by Gasteiger charge is -2.23. The van der Waals surface area contributed by atoms with E-state index in [9.17, 15) is 0 Å². The molecule has 0 bridgehead atoms. The number of fused-ring (bicyclic) bond motifs is 1. The first kappa shape index (κ1) is 14.3. The van der Waals surface area contributed by atoms with Crippen LogP contribution in [0.15, 0.2) is 30.3 Å². The van der Waals surface area contributed by atoms with Crippen LogP contribution < -0.4 is 5.32 Å². The van der Waals surface area contributed by atoms with Crippen LogP contribution in [0.3, 0.4) is 0 Å². The number of aryl methyl sites for hydroxylation is 2. The Hall–Kier alpha value is -1.61. The van der Waals surface area contributed by atoms with E-state index in [4.69, 9.17) is 5.10 Å². The van der Waals surface area contributed by atoms with Crippen LogP contribution in [-0.2, 0) is 19.3 Å². The molecule has 3 nitrogen and oxygen atoms in total. The third-order valence-electron chi connectivity index (χ3n) is 4.53. The number of aromatic nitrogens is 2. The summed E-state index contributed by atoms with van der Waals surface area (Å²) in [5, 5.41) is 8.54. The zero-order valence-electron chi connectivity index (χ0n) is 13.3. The molecule has 1 aromatic carbocycles. The summed E-state index contributed by atoms with van der Waals surface area (Å²) >= 11 is 0. The molecule has 0 saturated heterocycles. The molecule has 0 amide bonds. The van der Waals surface area contributed by atoms with Gasteiger partial charge in [-0.1, -0.05) is 45.0 Å². The summed E-state index contributed by atoms with van der Waals surface area (Å²) in [6.45, 7) is 7.56. The summed E-state index contributed by atoms with van der Waals surface area (Å²) in [6, 6.07) is 11.9. The van der Waals surface area contributed by atoms with Gasteiger partial charge in [-0.05, 0) is 43.0 Å². The van der Waals surface area contributed by atoms with E-state index in [0.717, 1.165) is 25.8 Å². The molecule has 1 aliphatic rings. The number of rotatable bonds is 5. The molecular weight excluding hydrogens is 258 g/mol. The summed E-state index contributed by atoms with van der Waals surface area (Å²) in [6.07, 6.45) is 3.12. The normalized spacial score (nSPS) is 20.7. The lowest BCUT2D eigenvalue weighted by Crippen LogP contribution is -2.28. The molecule has 0 aliphatic heterocycles. The van der Waals surface area contributed by atoms with Gasteiger partial charge in [-0.2, -0.15) is 5.10 Å². The number of nitrogens with zero attached hydrogens (tertiary/aromatic N) is 2. The summed E-state index contributed by atoms with van der Waals surface area (Å²) < 4.78 is 2.28. The predicted molar refractivity (Wildman–Crippen MR) is 86.6 cm³/mol. The topological polar surface area (TPSA) is 29.9 Å². The van der Waals surface area contributed by atoms with Crippen molar-refractivity contribution < 1.29 is 0 Å². The van der Waals surface area contributed by atoms with Crippen LogP contribution >= 0.6 is 0 Å². The van der Waals surface area contributed by atoms with Crippen LogP contribution in [0.5, 0.6) is 0 Å². The zero-order valence-corrected chi connectivity index (χ0v) is 13.3. The van der Waals surface area contributed by atoms with Gasteiger partial charge >= 0.3 is 0 Å². The van der Waals surface area contributed by atoms with E-state index >= 15 is 0 Å². The Bertz CT molecular complexity index is 615. The first-order valence-corrected chi connectivity index (χ1v) is 8.16. The molecule has 0 saturated carbocycles. The van der Waals surface area contributed by atoms with Gasteiger partial charge in [0.2, 0.25) is 0 Å². The molecule has 3 rings (SSSR count). The Morgan fingerprint density at radius 1 is 1.19 bits per heavy atom. The van der Waals surface area contributed by atoms with Gasteiger partial charge in [0, 0.05) is 5.69 Å². The van der Waals surface area contributed by atoms with Gasteiger partial charge in [-0.25, -0.2) is 0 Å². The van der Waals surface area contributed by atoms with Crippen LogP contribution in [0.4, 0.5) is 0 Å². The van der Waals surface area contributed by atoms with Gasteiger partial charge < -0.3 is 5.32 Å². The largest absolute Gasteiger partial charge is 0.308 e. The van der Waals surface area contributed by atoms with Gasteiger partial charge in [-0.15, -0.1) is 0 Å². The van der Waals surface area contributed by atoms with Crippen molar-refractivity contribution in [3.05, 3.63) is 52.8 Å². The molecule has 0 spiro atoms. The first-order chi connectivity index (χ1) is 10.3. The molecule has 3 heteroatoms. The van der Waals surface area contributed by atoms with Crippen molar-refractivity contribution in [2.75, 3.05) is 6.54 Å². The number of hydrogen-bond donors (Lipinski definition) is 1. The Labute approximate surface area is 127 Å². The van der Waals surface area contributed by atoms with E-state index in [2.05, 4.69) is 61.1 Å². The number of likely N-dealkylation sites (N-methyl/N-ethyl adjacent to an activating group) is 1. The highest BCUT2D eigenvalue weighted by Crippen LogP contribution is 2.39. The van der Waals surface area contributed by atoms with E-state index in [1.165, 1.54) is 22.5 Å². The van der Waals surface area contributed by atoms with E-state index in [1.807, 2.05) is 0 Å². The molecular formula is C18H25N3. The SMILES string of the molecule is CCNC1c2ccccc2CC1n1nc(CC)cc1CC. The smallest absolute Gasteiger partial charge is 0.0757 e. The second-order valence-corrected chi connectivity index (χ2v) is 5.78. The zero-order chi connectivity index (χ0) is 14.8. The van der Waals surface area contributed by atoms with Crippen molar-refractivity contribution in [1.29, 1.82) is 0 Å². The molecule has 0 fully saturated rings. The summed E-state index contributed by atoms with van der Waals surface area (Å²) in [5.41, 5.74) is 5.47. The number of nitrogens with one attached hydrogen (secondary N) is 1. The molecule has 2 unspecified atom stereocenters. The molecule has 1 aliphatic carbocycles. The second-order valence-electron chi connectivity index (χ2n) is 5.78. The maximum atomic E-state index is 4.87. The van der Waals surface area contributed by atoms with Crippen LogP contribution in [0, 0.1) is 0 Å². The average Bonchev–Trinajstić information content (AvgIpc) is 3.09. The van der Waals surface area contributed by atoms with Crippen molar-refractivity contribution in [1.82, 2.24) is 15.1 Å². The predicted octanol–water partition coefficient (Wildman–Crippen LogP) is 3.46. The molecule has 1 heterocycles. The summed E-state index contributed by atoms with van der Waals surface area (Å²) in [4.78, 5) is 0. The molecule has 2 atom stereocenters. The van der Waals surface area contributed by atoms with E-state index in [1.54, 1.807) is 0 Å². The number of hydrogen-bond acceptors (Lipinski definition) is 2. The van der Waals surface area contributed by atoms with Gasteiger partial charge in [0.05, 0.1) is 17.8 Å². The van der Waals surface area contributed by atoms with Crippen LogP contribution in [0.1, 0.15) is 55.4 Å². The third kappa shape index (κ3) is 2.51. The fraction of sp³-hybridized carbons (Fsp3) is 0.500. The summed E-state index contributed by atoms with van der Waals surface area (Å²) in [7, 11) is 0. The third-order valence-corrected chi connectivity index (χ3v) is 4.53. The second kappa shape index (κ2) is 6.02. The lowest BCUT2D eigenvalue weighted by molar-refractivity contribution is 0.350.